The van der Waals surface area contributed by atoms with Crippen LogP contribution < -0.4 is 5.32 Å². The molecular weight excluding hydrogens is 146 g/mol. The molecule has 1 N–H and O–H groups in total. The second-order valence-electron chi connectivity index (χ2n) is 1.84. The van der Waals surface area contributed by atoms with Crippen molar-refractivity contribution in [1.29, 1.82) is 0 Å². The Balaban J connectivity index is 0.000001000. The van der Waals surface area contributed by atoms with Crippen molar-refractivity contribution in [1.82, 2.24) is 5.32 Å². The van der Waals surface area contributed by atoms with Gasteiger partial charge in [0, 0.05) is 7.97 Å². The molecule has 1 rings (SSSR count). The van der Waals surface area contributed by atoms with E-state index in [4.69, 9.17) is 0 Å². The van der Waals surface area contributed by atoms with Crippen LogP contribution in [-0.2, 0) is 0 Å². The molecule has 10 heavy (non-hydrogen) atoms. The zero-order valence-corrected chi connectivity index (χ0v) is 6.57. The van der Waals surface area contributed by atoms with Crippen LogP contribution in [0.2, 0.25) is 0 Å². The monoisotopic (exact) mass is 157 g/mol. The van der Waals surface area contributed by atoms with E-state index >= 15 is 0 Å². The van der Waals surface area contributed by atoms with E-state index in [1.165, 1.54) is 11.3 Å². The molecular formula is C7H11NOS. The van der Waals surface area contributed by atoms with Crippen LogP contribution in [0.25, 0.3) is 0 Å². The summed E-state index contributed by atoms with van der Waals surface area (Å²) in [7, 11) is 0. The van der Waals surface area contributed by atoms with E-state index in [2.05, 4.69) is 5.32 Å². The maximum Gasteiger partial charge on any atom is 0.261 e. The van der Waals surface area contributed by atoms with Crippen LogP contribution in [0.15, 0.2) is 17.5 Å². The van der Waals surface area contributed by atoms with Crippen LogP contribution in [0, 0.1) is 0 Å². The summed E-state index contributed by atoms with van der Waals surface area (Å²) in [6.45, 7) is 2.60. The third-order valence-corrected chi connectivity index (χ3v) is 1.95. The molecule has 3 heteroatoms. The average molecular weight is 157 g/mol. The fourth-order valence-electron chi connectivity index (χ4n) is 0.655. The number of amides is 1. The third-order valence-electron chi connectivity index (χ3n) is 1.08. The lowest BCUT2D eigenvalue weighted by molar-refractivity contribution is 0.0960. The fourth-order valence-corrected chi connectivity index (χ4v) is 1.30. The third kappa shape index (κ3) is 1.57. The highest BCUT2D eigenvalue weighted by molar-refractivity contribution is 7.12. The summed E-state index contributed by atoms with van der Waals surface area (Å²) in [5, 5.41) is 4.61. The number of nitrogens with one attached hydrogen (secondary N) is 1. The number of hydrogen-bond acceptors (Lipinski definition) is 2. The zero-order chi connectivity index (χ0) is 7.40. The lowest BCUT2D eigenvalue weighted by Gasteiger charge is -1.95. The van der Waals surface area contributed by atoms with Crippen molar-refractivity contribution in [3.05, 3.63) is 22.4 Å². The Labute approximate surface area is 65.4 Å². The van der Waals surface area contributed by atoms with E-state index in [9.17, 15) is 4.79 Å². The standard InChI is InChI=1S/C7H9NOS.H2/c1-2-8-7(9)6-4-3-5-10-6;/h3-5H,2H2,1H3,(H,8,9);1H. The van der Waals surface area contributed by atoms with Gasteiger partial charge in [0.05, 0.1) is 4.88 Å². The molecule has 0 atom stereocenters. The van der Waals surface area contributed by atoms with Crippen molar-refractivity contribution in [2.45, 2.75) is 6.92 Å². The van der Waals surface area contributed by atoms with E-state index in [1.54, 1.807) is 0 Å². The molecule has 0 spiro atoms. The van der Waals surface area contributed by atoms with E-state index in [-0.39, 0.29) is 7.33 Å². The van der Waals surface area contributed by atoms with Crippen LogP contribution in [-0.4, -0.2) is 12.5 Å². The maximum atomic E-state index is 11.0. The molecule has 0 unspecified atom stereocenters. The highest BCUT2D eigenvalue weighted by atomic mass is 32.1. The minimum Gasteiger partial charge on any atom is -0.352 e. The van der Waals surface area contributed by atoms with Gasteiger partial charge in [0.15, 0.2) is 0 Å². The lowest BCUT2D eigenvalue weighted by atomic mass is 10.4. The van der Waals surface area contributed by atoms with Crippen molar-refractivity contribution >= 4 is 17.2 Å². The quantitative estimate of drug-likeness (QED) is 0.696. The topological polar surface area (TPSA) is 29.1 Å². The first-order valence-corrected chi connectivity index (χ1v) is 4.04. The lowest BCUT2D eigenvalue weighted by Crippen LogP contribution is -2.21. The second kappa shape index (κ2) is 3.37. The molecule has 0 aliphatic rings. The Morgan fingerprint density at radius 2 is 2.70 bits per heavy atom. The van der Waals surface area contributed by atoms with Gasteiger partial charge < -0.3 is 5.32 Å². The highest BCUT2D eigenvalue weighted by Crippen LogP contribution is 2.06. The van der Waals surface area contributed by atoms with Crippen molar-refractivity contribution in [2.24, 2.45) is 0 Å². The van der Waals surface area contributed by atoms with E-state index < -0.39 is 0 Å². The summed E-state index contributed by atoms with van der Waals surface area (Å²) in [6, 6.07) is 3.69. The molecule has 0 saturated heterocycles. The maximum absolute atomic E-state index is 11.0. The molecule has 0 bridgehead atoms. The Hall–Kier alpha value is -0.830. The molecule has 0 aliphatic carbocycles. The zero-order valence-electron chi connectivity index (χ0n) is 5.76. The minimum atomic E-state index is 0. The number of thiophene rings is 1. The first-order valence-electron chi connectivity index (χ1n) is 3.16. The summed E-state index contributed by atoms with van der Waals surface area (Å²) in [6.07, 6.45) is 0. The molecule has 0 fully saturated rings. The Morgan fingerprint density at radius 1 is 1.90 bits per heavy atom. The van der Waals surface area contributed by atoms with Crippen LogP contribution >= 0.6 is 11.3 Å². The van der Waals surface area contributed by atoms with Gasteiger partial charge in [-0.25, -0.2) is 0 Å². The van der Waals surface area contributed by atoms with Crippen molar-refractivity contribution < 1.29 is 6.22 Å². The predicted octanol–water partition coefficient (Wildman–Crippen LogP) is 1.74. The van der Waals surface area contributed by atoms with E-state index in [0.29, 0.717) is 6.54 Å². The van der Waals surface area contributed by atoms with Crippen LogP contribution in [0.3, 0.4) is 0 Å². The normalized spacial score (nSPS) is 9.30. The summed E-state index contributed by atoms with van der Waals surface area (Å²) >= 11 is 1.46. The van der Waals surface area contributed by atoms with E-state index in [0.717, 1.165) is 4.88 Å². The minimum absolute atomic E-state index is 0. The number of rotatable bonds is 2. The molecule has 0 radical (unpaired) electrons. The van der Waals surface area contributed by atoms with Crippen molar-refractivity contribution in [3.63, 3.8) is 0 Å². The largest absolute Gasteiger partial charge is 0.352 e. The average Bonchev–Trinajstić information content (AvgIpc) is 2.38. The number of carbonyl (C=O) groups is 1. The van der Waals surface area contributed by atoms with Gasteiger partial charge in [-0.05, 0) is 18.4 Å². The molecule has 1 aromatic rings. The number of hydrogen-bond donors (Lipinski definition) is 1. The molecule has 1 heterocycles. The van der Waals surface area contributed by atoms with Gasteiger partial charge in [-0.15, -0.1) is 11.3 Å². The first-order chi connectivity index (χ1) is 4.84. The number of carbonyl (C=O) groups excluding carboxylic acids is 1. The van der Waals surface area contributed by atoms with Gasteiger partial charge in [-0.2, -0.15) is 0 Å². The molecule has 0 saturated carbocycles. The predicted molar refractivity (Wildman–Crippen MR) is 44.4 cm³/mol. The van der Waals surface area contributed by atoms with Gasteiger partial charge in [0.25, 0.3) is 5.91 Å². The van der Waals surface area contributed by atoms with Gasteiger partial charge in [-0.1, -0.05) is 6.07 Å². The van der Waals surface area contributed by atoms with Crippen LogP contribution in [0.5, 0.6) is 0 Å². The SMILES string of the molecule is CCNC(=O)c1cccs1.[HH]. The summed E-state index contributed by atoms with van der Waals surface area (Å²) in [4.78, 5) is 11.8. The molecule has 56 valence electrons. The van der Waals surface area contributed by atoms with Crippen molar-refractivity contribution in [3.8, 4) is 0 Å². The molecule has 0 aromatic carbocycles. The Bertz CT molecular complexity index is 210. The summed E-state index contributed by atoms with van der Waals surface area (Å²) in [5.74, 6) is 0.0255. The second-order valence-corrected chi connectivity index (χ2v) is 2.78. The highest BCUT2D eigenvalue weighted by Gasteiger charge is 2.02. The Morgan fingerprint density at radius 3 is 3.20 bits per heavy atom. The van der Waals surface area contributed by atoms with Gasteiger partial charge in [0.2, 0.25) is 0 Å². The molecule has 0 aliphatic heterocycles. The van der Waals surface area contributed by atoms with E-state index in [1.807, 2.05) is 24.4 Å². The molecule has 1 aromatic heterocycles. The van der Waals surface area contributed by atoms with Gasteiger partial charge >= 0.3 is 0 Å². The molecule has 2 nitrogen and oxygen atoms in total. The first kappa shape index (κ1) is 7.28. The van der Waals surface area contributed by atoms with Gasteiger partial charge in [-0.3, -0.25) is 4.79 Å². The summed E-state index contributed by atoms with van der Waals surface area (Å²) < 4.78 is 0. The summed E-state index contributed by atoms with van der Waals surface area (Å²) in [5.41, 5.74) is 0. The fraction of sp³-hybridized carbons (Fsp3) is 0.286. The van der Waals surface area contributed by atoms with Crippen LogP contribution in [0.4, 0.5) is 0 Å². The molecule has 1 amide bonds. The Kier molecular flexibility index (Phi) is 2.45. The smallest absolute Gasteiger partial charge is 0.261 e. The van der Waals surface area contributed by atoms with Gasteiger partial charge in [0.1, 0.15) is 0 Å². The van der Waals surface area contributed by atoms with Crippen molar-refractivity contribution in [2.75, 3.05) is 6.54 Å². The van der Waals surface area contributed by atoms with Crippen LogP contribution in [0.1, 0.15) is 18.0 Å².